The molecule has 0 aromatic heterocycles. The molecule has 0 saturated carbocycles. The van der Waals surface area contributed by atoms with Crippen molar-refractivity contribution in [2.75, 3.05) is 6.61 Å². The zero-order valence-corrected chi connectivity index (χ0v) is 10.9. The number of aliphatic hydroxyl groups excluding tert-OH is 1. The summed E-state index contributed by atoms with van der Waals surface area (Å²) in [6, 6.07) is 7.68. The third-order valence-electron chi connectivity index (χ3n) is 3.23. The molecule has 4 heteroatoms. The fourth-order valence-corrected chi connectivity index (χ4v) is 2.09. The molecular formula is C14H19NO3. The molecule has 2 unspecified atom stereocenters. The van der Waals surface area contributed by atoms with Crippen LogP contribution in [0.4, 0.5) is 0 Å². The smallest absolute Gasteiger partial charge is 0.262 e. The first kappa shape index (κ1) is 12.9. The number of ether oxygens (including phenoxy) is 1. The van der Waals surface area contributed by atoms with Gasteiger partial charge in [-0.05, 0) is 19.9 Å². The van der Waals surface area contributed by atoms with Crippen molar-refractivity contribution < 1.29 is 14.6 Å². The lowest BCUT2D eigenvalue weighted by Gasteiger charge is -2.26. The van der Waals surface area contributed by atoms with Crippen LogP contribution in [0, 0.1) is 0 Å². The van der Waals surface area contributed by atoms with Gasteiger partial charge in [-0.2, -0.15) is 0 Å². The van der Waals surface area contributed by atoms with Gasteiger partial charge in [0, 0.05) is 11.5 Å². The Balaban J connectivity index is 2.12. The third-order valence-corrected chi connectivity index (χ3v) is 3.23. The van der Waals surface area contributed by atoms with Crippen LogP contribution in [0.15, 0.2) is 24.3 Å². The molecule has 2 N–H and O–H groups in total. The number of carbonyl (C=O) groups excluding carboxylic acids is 1. The van der Waals surface area contributed by atoms with Crippen molar-refractivity contribution in [3.63, 3.8) is 0 Å². The number of rotatable bonds is 3. The van der Waals surface area contributed by atoms with E-state index in [1.807, 2.05) is 31.2 Å². The van der Waals surface area contributed by atoms with Gasteiger partial charge in [0.1, 0.15) is 5.75 Å². The van der Waals surface area contributed by atoms with Crippen LogP contribution in [0.1, 0.15) is 32.3 Å². The summed E-state index contributed by atoms with van der Waals surface area (Å²) < 4.78 is 5.68. The minimum absolute atomic E-state index is 0.0238. The van der Waals surface area contributed by atoms with Crippen molar-refractivity contribution in [3.05, 3.63) is 29.8 Å². The molecule has 1 heterocycles. The minimum atomic E-state index is -0.630. The van der Waals surface area contributed by atoms with E-state index in [4.69, 9.17) is 9.84 Å². The number of nitrogens with one attached hydrogen (secondary N) is 1. The first-order chi connectivity index (χ1) is 8.44. The highest BCUT2D eigenvalue weighted by atomic mass is 16.5. The van der Waals surface area contributed by atoms with E-state index in [1.54, 1.807) is 13.8 Å². The largest absolute Gasteiger partial charge is 0.480 e. The molecule has 1 aliphatic rings. The fourth-order valence-electron chi connectivity index (χ4n) is 2.09. The van der Waals surface area contributed by atoms with E-state index in [1.165, 1.54) is 0 Å². The first-order valence-electron chi connectivity index (χ1n) is 6.13. The molecule has 2 atom stereocenters. The standard InChI is InChI=1S/C14H19NO3/c1-9-10-6-4-5-7-11(10)18-12(9)13(17)15-14(2,3)8-16/h4-7,9,12,16H,8H2,1-3H3,(H,15,17). The molecule has 0 saturated heterocycles. The van der Waals surface area contributed by atoms with Gasteiger partial charge in [0.2, 0.25) is 0 Å². The van der Waals surface area contributed by atoms with Crippen molar-refractivity contribution in [3.8, 4) is 5.75 Å². The Hall–Kier alpha value is -1.55. The van der Waals surface area contributed by atoms with Crippen LogP contribution in [-0.4, -0.2) is 29.3 Å². The zero-order valence-electron chi connectivity index (χ0n) is 10.9. The maximum Gasteiger partial charge on any atom is 0.262 e. The number of amides is 1. The molecule has 2 rings (SSSR count). The second kappa shape index (κ2) is 4.61. The van der Waals surface area contributed by atoms with E-state index in [2.05, 4.69) is 5.32 Å². The number of aliphatic hydroxyl groups is 1. The Morgan fingerprint density at radius 3 is 2.72 bits per heavy atom. The van der Waals surface area contributed by atoms with E-state index in [0.29, 0.717) is 0 Å². The van der Waals surface area contributed by atoms with Gasteiger partial charge in [0.25, 0.3) is 5.91 Å². The number of carbonyl (C=O) groups is 1. The van der Waals surface area contributed by atoms with Gasteiger partial charge in [-0.25, -0.2) is 0 Å². The second-order valence-electron chi connectivity index (χ2n) is 5.40. The van der Waals surface area contributed by atoms with Crippen molar-refractivity contribution in [2.45, 2.75) is 38.3 Å². The monoisotopic (exact) mass is 249 g/mol. The molecule has 1 amide bonds. The molecule has 0 fully saturated rings. The highest BCUT2D eigenvalue weighted by molar-refractivity contribution is 5.84. The number of benzene rings is 1. The summed E-state index contributed by atoms with van der Waals surface area (Å²) in [5.41, 5.74) is 0.425. The van der Waals surface area contributed by atoms with E-state index < -0.39 is 11.6 Å². The van der Waals surface area contributed by atoms with Gasteiger partial charge in [-0.15, -0.1) is 0 Å². The lowest BCUT2D eigenvalue weighted by molar-refractivity contribution is -0.130. The average Bonchev–Trinajstić information content (AvgIpc) is 2.67. The van der Waals surface area contributed by atoms with Gasteiger partial charge < -0.3 is 15.2 Å². The summed E-state index contributed by atoms with van der Waals surface area (Å²) in [7, 11) is 0. The molecule has 1 aliphatic heterocycles. The van der Waals surface area contributed by atoms with Crippen LogP contribution in [0.3, 0.4) is 0 Å². The Morgan fingerprint density at radius 1 is 1.44 bits per heavy atom. The maximum absolute atomic E-state index is 12.2. The van der Waals surface area contributed by atoms with Crippen LogP contribution in [0.5, 0.6) is 5.75 Å². The Bertz CT molecular complexity index is 456. The Kier molecular flexibility index (Phi) is 3.30. The van der Waals surface area contributed by atoms with Gasteiger partial charge in [0.05, 0.1) is 12.1 Å². The lowest BCUT2D eigenvalue weighted by Crippen LogP contribution is -2.51. The Morgan fingerprint density at radius 2 is 2.11 bits per heavy atom. The number of hydrogen-bond acceptors (Lipinski definition) is 3. The fraction of sp³-hybridized carbons (Fsp3) is 0.500. The van der Waals surface area contributed by atoms with Gasteiger partial charge in [-0.1, -0.05) is 25.1 Å². The molecule has 4 nitrogen and oxygen atoms in total. The van der Waals surface area contributed by atoms with Crippen LogP contribution < -0.4 is 10.1 Å². The second-order valence-corrected chi connectivity index (χ2v) is 5.40. The predicted molar refractivity (Wildman–Crippen MR) is 68.6 cm³/mol. The third kappa shape index (κ3) is 2.34. The minimum Gasteiger partial charge on any atom is -0.480 e. The topological polar surface area (TPSA) is 58.6 Å². The molecule has 0 radical (unpaired) electrons. The van der Waals surface area contributed by atoms with E-state index in [-0.39, 0.29) is 18.4 Å². The van der Waals surface area contributed by atoms with Gasteiger partial charge in [0.15, 0.2) is 6.10 Å². The van der Waals surface area contributed by atoms with Crippen LogP contribution >= 0.6 is 0 Å². The quantitative estimate of drug-likeness (QED) is 0.852. The lowest BCUT2D eigenvalue weighted by atomic mass is 9.96. The molecular weight excluding hydrogens is 230 g/mol. The van der Waals surface area contributed by atoms with Gasteiger partial charge in [-0.3, -0.25) is 4.79 Å². The predicted octanol–water partition coefficient (Wildman–Crippen LogP) is 1.44. The summed E-state index contributed by atoms with van der Waals surface area (Å²) in [4.78, 5) is 12.2. The van der Waals surface area contributed by atoms with E-state index in [0.717, 1.165) is 11.3 Å². The van der Waals surface area contributed by atoms with Gasteiger partial charge >= 0.3 is 0 Å². The molecule has 0 bridgehead atoms. The summed E-state index contributed by atoms with van der Waals surface area (Å²) in [6.07, 6.45) is -0.520. The van der Waals surface area contributed by atoms with E-state index in [9.17, 15) is 4.79 Å². The molecule has 1 aromatic rings. The molecule has 98 valence electrons. The summed E-state index contributed by atoms with van der Waals surface area (Å²) in [6.45, 7) is 5.42. The normalized spacial score (nSPS) is 22.2. The summed E-state index contributed by atoms with van der Waals surface area (Å²) >= 11 is 0. The highest BCUT2D eigenvalue weighted by Gasteiger charge is 2.37. The number of fused-ring (bicyclic) bond motifs is 1. The highest BCUT2D eigenvalue weighted by Crippen LogP contribution is 2.37. The van der Waals surface area contributed by atoms with Crippen LogP contribution in [-0.2, 0) is 4.79 Å². The maximum atomic E-state index is 12.2. The molecule has 0 aliphatic carbocycles. The molecule has 0 spiro atoms. The first-order valence-corrected chi connectivity index (χ1v) is 6.13. The molecule has 1 aromatic carbocycles. The summed E-state index contributed by atoms with van der Waals surface area (Å²) in [5, 5.41) is 12.0. The summed E-state index contributed by atoms with van der Waals surface area (Å²) in [5.74, 6) is 0.611. The number of para-hydroxylation sites is 1. The van der Waals surface area contributed by atoms with Crippen molar-refractivity contribution in [1.82, 2.24) is 5.32 Å². The zero-order chi connectivity index (χ0) is 13.3. The Labute approximate surface area is 107 Å². The number of hydrogen-bond donors (Lipinski definition) is 2. The molecule has 18 heavy (non-hydrogen) atoms. The van der Waals surface area contributed by atoms with Crippen molar-refractivity contribution >= 4 is 5.91 Å². The van der Waals surface area contributed by atoms with E-state index >= 15 is 0 Å². The SMILES string of the molecule is CC1c2ccccc2OC1C(=O)NC(C)(C)CO. The van der Waals surface area contributed by atoms with Crippen LogP contribution in [0.25, 0.3) is 0 Å². The van der Waals surface area contributed by atoms with Crippen molar-refractivity contribution in [1.29, 1.82) is 0 Å². The van der Waals surface area contributed by atoms with Crippen LogP contribution in [0.2, 0.25) is 0 Å². The van der Waals surface area contributed by atoms with Crippen molar-refractivity contribution in [2.24, 2.45) is 0 Å². The average molecular weight is 249 g/mol.